The van der Waals surface area contributed by atoms with Crippen molar-refractivity contribution in [2.75, 3.05) is 14.2 Å². The number of amides is 5. The molecule has 1 saturated heterocycles. The Morgan fingerprint density at radius 3 is 2.30 bits per heavy atom. The molecule has 0 saturated carbocycles. The van der Waals surface area contributed by atoms with E-state index in [0.29, 0.717) is 18.6 Å². The molecular formula is C32H32N4O7. The molecule has 1 heterocycles. The van der Waals surface area contributed by atoms with Gasteiger partial charge in [0.25, 0.3) is 11.8 Å². The van der Waals surface area contributed by atoms with E-state index in [1.165, 1.54) is 30.1 Å². The Labute approximate surface area is 248 Å². The van der Waals surface area contributed by atoms with Crippen LogP contribution in [0, 0.1) is 0 Å². The van der Waals surface area contributed by atoms with Crippen molar-refractivity contribution < 1.29 is 33.5 Å². The molecule has 3 N–H and O–H groups in total. The maximum absolute atomic E-state index is 13.2. The van der Waals surface area contributed by atoms with E-state index in [9.17, 15) is 28.8 Å². The molecule has 0 bridgehead atoms. The number of aldehydes is 1. The van der Waals surface area contributed by atoms with Crippen LogP contribution < -0.4 is 20.7 Å². The molecule has 0 spiro atoms. The number of nitrogens with zero attached hydrogens (tertiary/aromatic N) is 1. The highest BCUT2D eigenvalue weighted by Crippen LogP contribution is 2.19. The summed E-state index contributed by atoms with van der Waals surface area (Å²) in [7, 11) is 2.98. The van der Waals surface area contributed by atoms with Gasteiger partial charge in [-0.05, 0) is 35.7 Å². The number of likely N-dealkylation sites (N-methyl/N-ethyl adjacent to an activating group) is 1. The van der Waals surface area contributed by atoms with Crippen LogP contribution in [-0.2, 0) is 33.9 Å². The first-order valence-corrected chi connectivity index (χ1v) is 13.6. The van der Waals surface area contributed by atoms with Crippen molar-refractivity contribution in [1.82, 2.24) is 20.9 Å². The number of carbonyl (C=O) groups excluding carboxylic acids is 6. The first-order valence-electron chi connectivity index (χ1n) is 13.6. The first kappa shape index (κ1) is 30.6. The number of hydrogen-bond acceptors (Lipinski definition) is 7. The summed E-state index contributed by atoms with van der Waals surface area (Å²) in [5.74, 6) is -1.54. The van der Waals surface area contributed by atoms with Crippen LogP contribution in [0.5, 0.6) is 5.75 Å². The highest BCUT2D eigenvalue weighted by Gasteiger charge is 2.33. The Morgan fingerprint density at radius 1 is 0.977 bits per heavy atom. The Morgan fingerprint density at radius 2 is 1.65 bits per heavy atom. The Kier molecular flexibility index (Phi) is 10.00. The number of piperidine rings is 1. The van der Waals surface area contributed by atoms with Gasteiger partial charge >= 0.3 is 0 Å². The summed E-state index contributed by atoms with van der Waals surface area (Å²) >= 11 is 0. The Balaban J connectivity index is 1.33. The van der Waals surface area contributed by atoms with Gasteiger partial charge in [-0.15, -0.1) is 0 Å². The fourth-order valence-electron chi connectivity index (χ4n) is 4.71. The molecule has 1 unspecified atom stereocenters. The van der Waals surface area contributed by atoms with E-state index < -0.39 is 29.7 Å². The highest BCUT2D eigenvalue weighted by molar-refractivity contribution is 6.07. The summed E-state index contributed by atoms with van der Waals surface area (Å²) in [4.78, 5) is 75.0. The van der Waals surface area contributed by atoms with Crippen LogP contribution >= 0.6 is 0 Å². The van der Waals surface area contributed by atoms with E-state index >= 15 is 0 Å². The highest BCUT2D eigenvalue weighted by atomic mass is 16.5. The third-order valence-corrected chi connectivity index (χ3v) is 7.18. The zero-order valence-corrected chi connectivity index (χ0v) is 23.8. The van der Waals surface area contributed by atoms with Crippen LogP contribution in [0.15, 0.2) is 66.7 Å². The van der Waals surface area contributed by atoms with E-state index in [2.05, 4.69) is 16.0 Å². The summed E-state index contributed by atoms with van der Waals surface area (Å²) in [6, 6.07) is 18.0. The Bertz CT molecular complexity index is 1550. The van der Waals surface area contributed by atoms with Crippen LogP contribution in [0.25, 0.3) is 0 Å². The van der Waals surface area contributed by atoms with E-state index in [-0.39, 0.29) is 48.4 Å². The van der Waals surface area contributed by atoms with Gasteiger partial charge in [0.15, 0.2) is 6.29 Å². The van der Waals surface area contributed by atoms with Gasteiger partial charge < -0.3 is 20.3 Å². The summed E-state index contributed by atoms with van der Waals surface area (Å²) in [6.45, 7) is 0.544. The predicted octanol–water partition coefficient (Wildman–Crippen LogP) is 2.17. The third kappa shape index (κ3) is 7.70. The molecule has 3 aromatic carbocycles. The molecular weight excluding hydrogens is 552 g/mol. The lowest BCUT2D eigenvalue weighted by molar-refractivity contribution is -0.136. The molecule has 5 amide bonds. The van der Waals surface area contributed by atoms with Crippen LogP contribution in [0.3, 0.4) is 0 Å². The predicted molar refractivity (Wildman–Crippen MR) is 156 cm³/mol. The summed E-state index contributed by atoms with van der Waals surface area (Å²) in [5, 5.41) is 7.89. The molecule has 1 aliphatic heterocycles. The number of rotatable bonds is 11. The molecule has 0 radical (unpaired) electrons. The first-order chi connectivity index (χ1) is 20.7. The maximum Gasteiger partial charge on any atom is 0.255 e. The number of nitrogens with one attached hydrogen (secondary N) is 3. The van der Waals surface area contributed by atoms with Crippen molar-refractivity contribution in [2.24, 2.45) is 0 Å². The third-order valence-electron chi connectivity index (χ3n) is 7.18. The summed E-state index contributed by atoms with van der Waals surface area (Å²) in [6.07, 6.45) is 0.965. The normalized spacial score (nSPS) is 14.3. The van der Waals surface area contributed by atoms with Crippen molar-refractivity contribution in [1.29, 1.82) is 0 Å². The zero-order valence-electron chi connectivity index (χ0n) is 23.8. The second-order valence-corrected chi connectivity index (χ2v) is 10.1. The molecule has 4 rings (SSSR count). The van der Waals surface area contributed by atoms with Gasteiger partial charge in [0.05, 0.1) is 19.1 Å². The lowest BCUT2D eigenvalue weighted by atomic mass is 10.00. The minimum Gasteiger partial charge on any atom is -0.496 e. The quantitative estimate of drug-likeness (QED) is 0.231. The molecule has 3 aromatic rings. The number of benzene rings is 3. The number of imide groups is 1. The van der Waals surface area contributed by atoms with Crippen molar-refractivity contribution in [3.8, 4) is 5.75 Å². The Hall–Kier alpha value is -5.32. The average Bonchev–Trinajstić information content (AvgIpc) is 3.02. The van der Waals surface area contributed by atoms with Gasteiger partial charge in [-0.3, -0.25) is 34.1 Å². The second kappa shape index (κ2) is 14.0. The lowest BCUT2D eigenvalue weighted by Gasteiger charge is -2.30. The fourth-order valence-corrected chi connectivity index (χ4v) is 4.71. The molecule has 11 heteroatoms. The lowest BCUT2D eigenvalue weighted by Crippen LogP contribution is -2.53. The summed E-state index contributed by atoms with van der Waals surface area (Å²) in [5.41, 5.74) is 2.72. The van der Waals surface area contributed by atoms with E-state index in [1.54, 1.807) is 7.11 Å². The average molecular weight is 585 g/mol. The minimum atomic E-state index is -0.870. The van der Waals surface area contributed by atoms with Gasteiger partial charge in [0.1, 0.15) is 11.8 Å². The second-order valence-electron chi connectivity index (χ2n) is 10.1. The van der Waals surface area contributed by atoms with E-state index in [1.807, 2.05) is 48.5 Å². The van der Waals surface area contributed by atoms with Crippen molar-refractivity contribution in [2.45, 2.75) is 38.4 Å². The molecule has 0 aromatic heterocycles. The van der Waals surface area contributed by atoms with Crippen LogP contribution in [0.2, 0.25) is 0 Å². The number of methoxy groups -OCH3 is 1. The number of ether oxygens (including phenoxy) is 1. The molecule has 1 fully saturated rings. The zero-order chi connectivity index (χ0) is 30.9. The fraction of sp³-hybridized carbons (Fsp3) is 0.250. The maximum atomic E-state index is 13.2. The monoisotopic (exact) mass is 584 g/mol. The van der Waals surface area contributed by atoms with Crippen LogP contribution in [0.4, 0.5) is 0 Å². The molecule has 222 valence electrons. The van der Waals surface area contributed by atoms with Crippen molar-refractivity contribution in [3.05, 3.63) is 100 Å². The summed E-state index contributed by atoms with van der Waals surface area (Å²) < 4.78 is 5.29. The smallest absolute Gasteiger partial charge is 0.255 e. The van der Waals surface area contributed by atoms with Gasteiger partial charge in [-0.2, -0.15) is 0 Å². The molecule has 1 aliphatic rings. The molecule has 1 atom stereocenters. The van der Waals surface area contributed by atoms with E-state index in [0.717, 1.165) is 16.7 Å². The van der Waals surface area contributed by atoms with Crippen molar-refractivity contribution in [3.63, 3.8) is 0 Å². The number of para-hydroxylation sites is 1. The molecule has 43 heavy (non-hydrogen) atoms. The van der Waals surface area contributed by atoms with Crippen LogP contribution in [-0.4, -0.2) is 60.9 Å². The van der Waals surface area contributed by atoms with Gasteiger partial charge in [-0.25, -0.2) is 0 Å². The minimum absolute atomic E-state index is 0.0213. The largest absolute Gasteiger partial charge is 0.496 e. The number of hydrogen-bond donors (Lipinski definition) is 3. The van der Waals surface area contributed by atoms with Crippen LogP contribution in [0.1, 0.15) is 60.6 Å². The van der Waals surface area contributed by atoms with Crippen molar-refractivity contribution >= 4 is 35.8 Å². The number of carbonyl (C=O) groups is 6. The topological polar surface area (TPSA) is 151 Å². The van der Waals surface area contributed by atoms with Gasteiger partial charge in [-0.1, -0.05) is 48.5 Å². The standard InChI is InChI=1S/C32H32N4O7/c1-36(26-13-14-28(38)35-31(26)41)32(42)25-15-23(11-12-24(25)19-37)30(40)34-18-21-9-7-20(8-10-21)17-33-29(39)16-22-5-3-4-6-27(22)43-2/h3-12,15,19,26H,13-14,16-18H2,1-2H3,(H,33,39)(H,34,40)(H,35,38,41). The SMILES string of the molecule is COc1ccccc1CC(=O)NCc1ccc(CNC(=O)c2ccc(C=O)c(C(=O)N(C)C3CCC(=O)NC3=O)c2)cc1. The molecule has 11 nitrogen and oxygen atoms in total. The van der Waals surface area contributed by atoms with E-state index in [4.69, 9.17) is 4.74 Å². The van der Waals surface area contributed by atoms with Gasteiger partial charge in [0.2, 0.25) is 17.7 Å². The molecule has 0 aliphatic carbocycles. The van der Waals surface area contributed by atoms with Gasteiger partial charge in [0, 0.05) is 43.2 Å².